The fourth-order valence-electron chi connectivity index (χ4n) is 1.55. The van der Waals surface area contributed by atoms with Crippen LogP contribution in [0.15, 0.2) is 66.9 Å². The van der Waals surface area contributed by atoms with Gasteiger partial charge in [0.05, 0.1) is 0 Å². The molecule has 0 fully saturated rings. The van der Waals surface area contributed by atoms with E-state index in [-0.39, 0.29) is 0 Å². The van der Waals surface area contributed by atoms with Crippen LogP contribution in [0.4, 0.5) is 5.69 Å². The molecule has 1 N–H and O–H groups in total. The standard InChI is InChI=1S/C16H15NO2/c1-13-7-5-6-10-15(13)19-16(18)11-12-17-14-8-3-2-4-9-14/h2-12,17H,1H3. The summed E-state index contributed by atoms with van der Waals surface area (Å²) < 4.78 is 5.22. The van der Waals surface area contributed by atoms with Crippen LogP contribution in [0.1, 0.15) is 5.56 Å². The summed E-state index contributed by atoms with van der Waals surface area (Å²) in [7, 11) is 0. The molecule has 19 heavy (non-hydrogen) atoms. The maximum atomic E-state index is 11.6. The molecule has 0 spiro atoms. The molecule has 0 bridgehead atoms. The average Bonchev–Trinajstić information content (AvgIpc) is 2.43. The number of esters is 1. The summed E-state index contributed by atoms with van der Waals surface area (Å²) in [6.45, 7) is 1.90. The number of ether oxygens (including phenoxy) is 1. The normalized spacial score (nSPS) is 10.4. The third-order valence-corrected chi connectivity index (χ3v) is 2.55. The predicted molar refractivity (Wildman–Crippen MR) is 76.0 cm³/mol. The third kappa shape index (κ3) is 4.00. The maximum absolute atomic E-state index is 11.6. The summed E-state index contributed by atoms with van der Waals surface area (Å²) in [5.41, 5.74) is 1.85. The van der Waals surface area contributed by atoms with E-state index in [0.717, 1.165) is 11.3 Å². The van der Waals surface area contributed by atoms with Gasteiger partial charge in [-0.05, 0) is 30.7 Å². The summed E-state index contributed by atoms with van der Waals surface area (Å²) >= 11 is 0. The molecule has 0 aromatic heterocycles. The van der Waals surface area contributed by atoms with Crippen LogP contribution < -0.4 is 10.1 Å². The van der Waals surface area contributed by atoms with Crippen molar-refractivity contribution in [1.29, 1.82) is 0 Å². The van der Waals surface area contributed by atoms with E-state index in [1.54, 1.807) is 12.3 Å². The lowest BCUT2D eigenvalue weighted by atomic mass is 10.2. The molecule has 96 valence electrons. The second-order valence-corrected chi connectivity index (χ2v) is 4.03. The first-order valence-electron chi connectivity index (χ1n) is 6.01. The van der Waals surface area contributed by atoms with Crippen LogP contribution in [0.2, 0.25) is 0 Å². The zero-order valence-corrected chi connectivity index (χ0v) is 10.7. The minimum absolute atomic E-state index is 0.405. The van der Waals surface area contributed by atoms with Gasteiger partial charge in [-0.25, -0.2) is 4.79 Å². The van der Waals surface area contributed by atoms with Crippen molar-refractivity contribution < 1.29 is 9.53 Å². The molecule has 2 aromatic carbocycles. The number of para-hydroxylation sites is 2. The van der Waals surface area contributed by atoms with Gasteiger partial charge in [-0.2, -0.15) is 0 Å². The first-order chi connectivity index (χ1) is 9.25. The Morgan fingerprint density at radius 3 is 2.47 bits per heavy atom. The van der Waals surface area contributed by atoms with Crippen molar-refractivity contribution in [2.24, 2.45) is 0 Å². The monoisotopic (exact) mass is 253 g/mol. The van der Waals surface area contributed by atoms with Gasteiger partial charge in [-0.3, -0.25) is 0 Å². The highest BCUT2D eigenvalue weighted by Gasteiger charge is 2.02. The van der Waals surface area contributed by atoms with Gasteiger partial charge in [0.1, 0.15) is 5.75 Å². The van der Waals surface area contributed by atoms with E-state index in [1.807, 2.05) is 55.5 Å². The van der Waals surface area contributed by atoms with Crippen molar-refractivity contribution in [3.63, 3.8) is 0 Å². The lowest BCUT2D eigenvalue weighted by molar-refractivity contribution is -0.129. The minimum atomic E-state index is -0.405. The maximum Gasteiger partial charge on any atom is 0.337 e. The molecule has 0 amide bonds. The quantitative estimate of drug-likeness (QED) is 0.514. The van der Waals surface area contributed by atoms with Crippen molar-refractivity contribution in [2.75, 3.05) is 5.32 Å². The molecule has 0 aliphatic carbocycles. The molecule has 2 rings (SSSR count). The summed E-state index contributed by atoms with van der Waals surface area (Å²) in [5.74, 6) is 0.176. The van der Waals surface area contributed by atoms with E-state index in [9.17, 15) is 4.79 Å². The Bertz CT molecular complexity index is 576. The first kappa shape index (κ1) is 12.9. The van der Waals surface area contributed by atoms with Crippen molar-refractivity contribution >= 4 is 11.7 Å². The highest BCUT2D eigenvalue weighted by atomic mass is 16.5. The molecule has 2 aromatic rings. The molecule has 0 unspecified atom stereocenters. The summed E-state index contributed by atoms with van der Waals surface area (Å²) in [6.07, 6.45) is 2.93. The number of benzene rings is 2. The number of carbonyl (C=O) groups is 1. The Balaban J connectivity index is 1.90. The van der Waals surface area contributed by atoms with Gasteiger partial charge < -0.3 is 10.1 Å². The Labute approximate surface area is 112 Å². The van der Waals surface area contributed by atoms with Gasteiger partial charge in [-0.15, -0.1) is 0 Å². The molecule has 0 saturated heterocycles. The molecule has 0 aliphatic rings. The molecule has 3 nitrogen and oxygen atoms in total. The van der Waals surface area contributed by atoms with Gasteiger partial charge in [-0.1, -0.05) is 36.4 Å². The van der Waals surface area contributed by atoms with Crippen LogP contribution in [-0.2, 0) is 4.79 Å². The van der Waals surface area contributed by atoms with Crippen LogP contribution in [0.25, 0.3) is 0 Å². The molecule has 0 atom stereocenters. The van der Waals surface area contributed by atoms with Crippen molar-refractivity contribution in [2.45, 2.75) is 6.92 Å². The predicted octanol–water partition coefficient (Wildman–Crippen LogP) is 3.53. The van der Waals surface area contributed by atoms with E-state index in [1.165, 1.54) is 6.08 Å². The number of anilines is 1. The van der Waals surface area contributed by atoms with Gasteiger partial charge in [0.25, 0.3) is 0 Å². The molecular formula is C16H15NO2. The fourth-order valence-corrected chi connectivity index (χ4v) is 1.55. The van der Waals surface area contributed by atoms with Gasteiger partial charge >= 0.3 is 5.97 Å². The topological polar surface area (TPSA) is 38.3 Å². The summed E-state index contributed by atoms with van der Waals surface area (Å²) in [6, 6.07) is 17.0. The van der Waals surface area contributed by atoms with Crippen molar-refractivity contribution in [3.05, 3.63) is 72.4 Å². The number of aryl methyl sites for hydroxylation is 1. The zero-order chi connectivity index (χ0) is 13.5. The Kier molecular flexibility index (Phi) is 4.34. The smallest absolute Gasteiger partial charge is 0.337 e. The number of nitrogens with one attached hydrogen (secondary N) is 1. The molecule has 3 heteroatoms. The number of carbonyl (C=O) groups excluding carboxylic acids is 1. The van der Waals surface area contributed by atoms with Crippen LogP contribution >= 0.6 is 0 Å². The van der Waals surface area contributed by atoms with Crippen LogP contribution in [0, 0.1) is 6.92 Å². The molecule has 0 aliphatic heterocycles. The summed E-state index contributed by atoms with van der Waals surface area (Å²) in [4.78, 5) is 11.6. The number of hydrogen-bond donors (Lipinski definition) is 1. The average molecular weight is 253 g/mol. The highest BCUT2D eigenvalue weighted by Crippen LogP contribution is 2.16. The third-order valence-electron chi connectivity index (χ3n) is 2.55. The van der Waals surface area contributed by atoms with Crippen LogP contribution in [0.5, 0.6) is 5.75 Å². The molecule has 0 heterocycles. The van der Waals surface area contributed by atoms with Gasteiger partial charge in [0.2, 0.25) is 0 Å². The number of rotatable bonds is 4. The minimum Gasteiger partial charge on any atom is -0.423 e. The SMILES string of the molecule is Cc1ccccc1OC(=O)C=CNc1ccccc1. The van der Waals surface area contributed by atoms with E-state index >= 15 is 0 Å². The Morgan fingerprint density at radius 1 is 1.05 bits per heavy atom. The second kappa shape index (κ2) is 6.40. The van der Waals surface area contributed by atoms with Gasteiger partial charge in [0, 0.05) is 18.0 Å². The Hall–Kier alpha value is -2.55. The van der Waals surface area contributed by atoms with E-state index in [2.05, 4.69) is 5.32 Å². The van der Waals surface area contributed by atoms with Gasteiger partial charge in [0.15, 0.2) is 0 Å². The summed E-state index contributed by atoms with van der Waals surface area (Å²) in [5, 5.41) is 2.99. The second-order valence-electron chi connectivity index (χ2n) is 4.03. The van der Waals surface area contributed by atoms with Crippen molar-refractivity contribution in [3.8, 4) is 5.75 Å². The number of hydrogen-bond acceptors (Lipinski definition) is 3. The molecule has 0 radical (unpaired) electrons. The lowest BCUT2D eigenvalue weighted by Gasteiger charge is -2.04. The zero-order valence-electron chi connectivity index (χ0n) is 10.7. The fraction of sp³-hybridized carbons (Fsp3) is 0.0625. The van der Waals surface area contributed by atoms with E-state index in [4.69, 9.17) is 4.74 Å². The van der Waals surface area contributed by atoms with E-state index < -0.39 is 5.97 Å². The first-order valence-corrected chi connectivity index (χ1v) is 6.01. The van der Waals surface area contributed by atoms with E-state index in [0.29, 0.717) is 5.75 Å². The molecule has 0 saturated carbocycles. The van der Waals surface area contributed by atoms with Crippen LogP contribution in [0.3, 0.4) is 0 Å². The van der Waals surface area contributed by atoms with Crippen LogP contribution in [-0.4, -0.2) is 5.97 Å². The Morgan fingerprint density at radius 2 is 1.74 bits per heavy atom. The van der Waals surface area contributed by atoms with Crippen molar-refractivity contribution in [1.82, 2.24) is 0 Å². The highest BCUT2D eigenvalue weighted by molar-refractivity contribution is 5.84. The lowest BCUT2D eigenvalue weighted by Crippen LogP contribution is -2.05. The largest absolute Gasteiger partial charge is 0.423 e. The molecular weight excluding hydrogens is 238 g/mol.